The molecule has 0 amide bonds. The highest BCUT2D eigenvalue weighted by atomic mass is 16.4. The van der Waals surface area contributed by atoms with Crippen molar-refractivity contribution >= 4 is 11.9 Å². The summed E-state index contributed by atoms with van der Waals surface area (Å²) < 4.78 is 0. The molecule has 0 saturated carbocycles. The molecule has 0 saturated heterocycles. The highest BCUT2D eigenvalue weighted by Crippen LogP contribution is 2.41. The number of carboxylic acids is 2. The third-order valence-electron chi connectivity index (χ3n) is 4.79. The van der Waals surface area contributed by atoms with Gasteiger partial charge in [0.05, 0.1) is 11.1 Å². The van der Waals surface area contributed by atoms with Crippen molar-refractivity contribution in [2.24, 2.45) is 0 Å². The third kappa shape index (κ3) is 3.16. The highest BCUT2D eigenvalue weighted by Gasteiger charge is 2.36. The lowest BCUT2D eigenvalue weighted by Crippen LogP contribution is -2.30. The van der Waals surface area contributed by atoms with Crippen molar-refractivity contribution in [3.05, 3.63) is 34.4 Å². The second-order valence-electron chi connectivity index (χ2n) is 7.00. The fraction of sp³-hybridized carbons (Fsp3) is 0.556. The first-order chi connectivity index (χ1) is 9.99. The first kappa shape index (κ1) is 18.2. The van der Waals surface area contributed by atoms with Gasteiger partial charge in [-0.25, -0.2) is 9.59 Å². The molecule has 4 heteroatoms. The molecule has 0 fully saturated rings. The Morgan fingerprint density at radius 1 is 0.818 bits per heavy atom. The minimum atomic E-state index is -1.01. The average Bonchev–Trinajstić information content (AvgIpc) is 2.45. The van der Waals surface area contributed by atoms with Crippen molar-refractivity contribution in [1.29, 1.82) is 0 Å². The minimum absolute atomic E-state index is 0.202. The quantitative estimate of drug-likeness (QED) is 0.813. The van der Waals surface area contributed by atoms with Crippen molar-refractivity contribution in [2.75, 3.05) is 0 Å². The molecule has 122 valence electrons. The van der Waals surface area contributed by atoms with Gasteiger partial charge in [0.2, 0.25) is 0 Å². The van der Waals surface area contributed by atoms with Crippen LogP contribution < -0.4 is 0 Å². The zero-order valence-electron chi connectivity index (χ0n) is 14.3. The Morgan fingerprint density at radius 3 is 1.27 bits per heavy atom. The summed E-state index contributed by atoms with van der Waals surface area (Å²) in [6, 6.07) is 2.85. The van der Waals surface area contributed by atoms with Gasteiger partial charge in [0.15, 0.2) is 0 Å². The van der Waals surface area contributed by atoms with E-state index in [1.807, 2.05) is 41.5 Å². The summed E-state index contributed by atoms with van der Waals surface area (Å²) in [5.74, 6) is -2.02. The van der Waals surface area contributed by atoms with E-state index in [0.29, 0.717) is 11.1 Å². The molecule has 4 nitrogen and oxygen atoms in total. The van der Waals surface area contributed by atoms with Gasteiger partial charge >= 0.3 is 11.9 Å². The van der Waals surface area contributed by atoms with E-state index in [9.17, 15) is 19.8 Å². The van der Waals surface area contributed by atoms with Crippen LogP contribution in [0.3, 0.4) is 0 Å². The van der Waals surface area contributed by atoms with E-state index in [2.05, 4.69) is 0 Å². The van der Waals surface area contributed by atoms with Crippen LogP contribution in [0.25, 0.3) is 0 Å². The molecule has 0 radical (unpaired) electrons. The summed E-state index contributed by atoms with van der Waals surface area (Å²) in [5, 5.41) is 19.1. The predicted molar refractivity (Wildman–Crippen MR) is 87.0 cm³/mol. The van der Waals surface area contributed by atoms with Gasteiger partial charge < -0.3 is 10.2 Å². The van der Waals surface area contributed by atoms with Gasteiger partial charge in [-0.1, -0.05) is 41.5 Å². The highest BCUT2D eigenvalue weighted by molar-refractivity contribution is 5.96. The lowest BCUT2D eigenvalue weighted by atomic mass is 9.68. The van der Waals surface area contributed by atoms with E-state index in [1.54, 1.807) is 0 Å². The maximum absolute atomic E-state index is 11.7. The van der Waals surface area contributed by atoms with Crippen LogP contribution in [0.1, 0.15) is 86.2 Å². The zero-order chi connectivity index (χ0) is 17.3. The maximum atomic E-state index is 11.7. The van der Waals surface area contributed by atoms with Crippen LogP contribution in [0.4, 0.5) is 0 Å². The van der Waals surface area contributed by atoms with Crippen molar-refractivity contribution in [1.82, 2.24) is 0 Å². The van der Waals surface area contributed by atoms with Crippen molar-refractivity contribution < 1.29 is 19.8 Å². The molecule has 0 aliphatic rings. The first-order valence-corrected chi connectivity index (χ1v) is 7.64. The Bertz CT molecular complexity index is 544. The van der Waals surface area contributed by atoms with Gasteiger partial charge in [-0.2, -0.15) is 0 Å². The van der Waals surface area contributed by atoms with Gasteiger partial charge in [-0.3, -0.25) is 0 Å². The van der Waals surface area contributed by atoms with E-state index in [1.165, 1.54) is 12.1 Å². The summed E-state index contributed by atoms with van der Waals surface area (Å²) in [7, 11) is 0. The number of benzene rings is 1. The normalized spacial score (nSPS) is 12.3. The molecule has 0 bridgehead atoms. The van der Waals surface area contributed by atoms with Crippen LogP contribution >= 0.6 is 0 Å². The Kier molecular flexibility index (Phi) is 5.06. The summed E-state index contributed by atoms with van der Waals surface area (Å²) in [6.45, 7) is 11.8. The monoisotopic (exact) mass is 306 g/mol. The topological polar surface area (TPSA) is 74.6 Å². The number of hydrogen-bond donors (Lipinski definition) is 2. The summed E-state index contributed by atoms with van der Waals surface area (Å²) >= 11 is 0. The molecule has 1 aromatic carbocycles. The van der Waals surface area contributed by atoms with Crippen LogP contribution in [0.2, 0.25) is 0 Å². The molecule has 0 aliphatic heterocycles. The van der Waals surface area contributed by atoms with Crippen molar-refractivity contribution in [3.63, 3.8) is 0 Å². The fourth-order valence-corrected chi connectivity index (χ4v) is 2.72. The summed E-state index contributed by atoms with van der Waals surface area (Å²) in [4.78, 5) is 23.4. The van der Waals surface area contributed by atoms with E-state index in [0.717, 1.165) is 12.8 Å². The van der Waals surface area contributed by atoms with Crippen LogP contribution in [-0.4, -0.2) is 22.2 Å². The molecule has 0 aromatic heterocycles. The average molecular weight is 306 g/mol. The van der Waals surface area contributed by atoms with Crippen LogP contribution in [0.5, 0.6) is 0 Å². The number of aromatic carboxylic acids is 2. The fourth-order valence-electron chi connectivity index (χ4n) is 2.72. The number of carboxylic acid groups (broad SMARTS) is 2. The molecular formula is C18H26O4. The van der Waals surface area contributed by atoms with Gasteiger partial charge in [-0.15, -0.1) is 0 Å². The largest absolute Gasteiger partial charge is 0.478 e. The molecule has 2 N–H and O–H groups in total. The molecular weight excluding hydrogens is 280 g/mol. The van der Waals surface area contributed by atoms with Crippen LogP contribution in [-0.2, 0) is 10.8 Å². The lowest BCUT2D eigenvalue weighted by molar-refractivity contribution is 0.0676. The zero-order valence-corrected chi connectivity index (χ0v) is 14.3. The first-order valence-electron chi connectivity index (χ1n) is 7.64. The lowest BCUT2D eigenvalue weighted by Gasteiger charge is -2.36. The standard InChI is InChI=1S/C18H26O4/c1-7-17(3,4)13-11(15(19)20)9-10-12(16(21)22)14(13)18(5,6)8-2/h9-10H,7-8H2,1-6H3,(H,19,20)(H,21,22). The molecule has 22 heavy (non-hydrogen) atoms. The van der Waals surface area contributed by atoms with E-state index in [-0.39, 0.29) is 11.1 Å². The summed E-state index contributed by atoms with van der Waals surface area (Å²) in [5.41, 5.74) is 0.868. The Labute approximate surface area is 132 Å². The van der Waals surface area contributed by atoms with E-state index >= 15 is 0 Å². The number of rotatable bonds is 6. The Morgan fingerprint density at radius 2 is 1.09 bits per heavy atom. The van der Waals surface area contributed by atoms with Crippen LogP contribution in [0.15, 0.2) is 12.1 Å². The Hall–Kier alpha value is -1.84. The molecule has 1 rings (SSSR count). The van der Waals surface area contributed by atoms with Gasteiger partial charge in [0, 0.05) is 0 Å². The molecule has 0 aliphatic carbocycles. The molecule has 1 aromatic rings. The van der Waals surface area contributed by atoms with E-state index < -0.39 is 22.8 Å². The third-order valence-corrected chi connectivity index (χ3v) is 4.79. The number of hydrogen-bond acceptors (Lipinski definition) is 2. The Balaban J connectivity index is 3.99. The predicted octanol–water partition coefficient (Wildman–Crippen LogP) is 4.46. The van der Waals surface area contributed by atoms with E-state index in [4.69, 9.17) is 0 Å². The second kappa shape index (κ2) is 6.11. The van der Waals surface area contributed by atoms with Crippen LogP contribution in [0, 0.1) is 0 Å². The molecule has 0 spiro atoms. The molecule has 0 heterocycles. The molecule has 0 unspecified atom stereocenters. The van der Waals surface area contributed by atoms with Gasteiger partial charge in [0.1, 0.15) is 0 Å². The summed E-state index contributed by atoms with van der Waals surface area (Å²) in [6.07, 6.45) is 1.45. The smallest absolute Gasteiger partial charge is 0.335 e. The maximum Gasteiger partial charge on any atom is 0.335 e. The van der Waals surface area contributed by atoms with Crippen molar-refractivity contribution in [2.45, 2.75) is 65.2 Å². The van der Waals surface area contributed by atoms with Gasteiger partial charge in [0.25, 0.3) is 0 Å². The number of carbonyl (C=O) groups is 2. The molecule has 0 atom stereocenters. The minimum Gasteiger partial charge on any atom is -0.478 e. The van der Waals surface area contributed by atoms with Gasteiger partial charge in [-0.05, 0) is 46.9 Å². The SMILES string of the molecule is CCC(C)(C)c1c(C(=O)O)ccc(C(=O)O)c1C(C)(C)CC. The second-order valence-corrected chi connectivity index (χ2v) is 7.00. The van der Waals surface area contributed by atoms with Crippen molar-refractivity contribution in [3.8, 4) is 0 Å².